The van der Waals surface area contributed by atoms with Gasteiger partial charge in [0.1, 0.15) is 17.3 Å². The number of nitrogens with zero attached hydrogens (tertiary/aromatic N) is 2. The number of hydrogen-bond donors (Lipinski definition) is 1. The zero-order valence-corrected chi connectivity index (χ0v) is 14.6. The lowest BCUT2D eigenvalue weighted by Crippen LogP contribution is -2.00. The van der Waals surface area contributed by atoms with Gasteiger partial charge in [0.25, 0.3) is 0 Å². The molecular formula is C19H18ClN3O. The second kappa shape index (κ2) is 6.49. The summed E-state index contributed by atoms with van der Waals surface area (Å²) in [5, 5.41) is 8.82. The molecular weight excluding hydrogens is 322 g/mol. The van der Waals surface area contributed by atoms with Crippen LogP contribution in [0.3, 0.4) is 0 Å². The third-order valence-corrected chi connectivity index (χ3v) is 3.96. The van der Waals surface area contributed by atoms with Crippen LogP contribution in [0.5, 0.6) is 11.5 Å². The Labute approximate surface area is 146 Å². The summed E-state index contributed by atoms with van der Waals surface area (Å²) in [6.07, 6.45) is 0. The molecule has 122 valence electrons. The van der Waals surface area contributed by atoms with Gasteiger partial charge in [-0.2, -0.15) is 0 Å². The Kier molecular flexibility index (Phi) is 4.40. The van der Waals surface area contributed by atoms with Crippen molar-refractivity contribution in [3.05, 3.63) is 64.2 Å². The highest BCUT2D eigenvalue weighted by molar-refractivity contribution is 6.30. The van der Waals surface area contributed by atoms with Gasteiger partial charge in [-0.15, -0.1) is 10.2 Å². The van der Waals surface area contributed by atoms with Crippen molar-refractivity contribution in [2.45, 2.75) is 20.8 Å². The van der Waals surface area contributed by atoms with Gasteiger partial charge < -0.3 is 10.5 Å². The van der Waals surface area contributed by atoms with Gasteiger partial charge >= 0.3 is 0 Å². The van der Waals surface area contributed by atoms with E-state index in [1.165, 1.54) is 5.56 Å². The lowest BCUT2D eigenvalue weighted by atomic mass is 10.1. The van der Waals surface area contributed by atoms with E-state index >= 15 is 0 Å². The van der Waals surface area contributed by atoms with Gasteiger partial charge in [0.15, 0.2) is 5.75 Å². The number of hydrogen-bond acceptors (Lipinski definition) is 4. The van der Waals surface area contributed by atoms with Crippen LogP contribution in [0.4, 0.5) is 5.82 Å². The molecule has 0 unspecified atom stereocenters. The Balaban J connectivity index is 2.08. The Morgan fingerprint density at radius 2 is 1.54 bits per heavy atom. The molecule has 0 atom stereocenters. The summed E-state index contributed by atoms with van der Waals surface area (Å²) in [4.78, 5) is 0. The van der Waals surface area contributed by atoms with Crippen molar-refractivity contribution < 1.29 is 4.74 Å². The fraction of sp³-hybridized carbons (Fsp3) is 0.158. The van der Waals surface area contributed by atoms with E-state index in [0.717, 1.165) is 22.4 Å². The van der Waals surface area contributed by atoms with E-state index in [1.54, 1.807) is 18.2 Å². The number of aryl methyl sites for hydroxylation is 3. The topological polar surface area (TPSA) is 61.0 Å². The first-order chi connectivity index (χ1) is 11.4. The summed E-state index contributed by atoms with van der Waals surface area (Å²) in [5.74, 6) is 1.69. The van der Waals surface area contributed by atoms with Gasteiger partial charge in [0, 0.05) is 16.7 Å². The molecule has 3 aromatic rings. The normalized spacial score (nSPS) is 10.7. The van der Waals surface area contributed by atoms with E-state index < -0.39 is 0 Å². The molecule has 0 aliphatic heterocycles. The molecule has 0 saturated carbocycles. The highest BCUT2D eigenvalue weighted by Gasteiger charge is 2.14. The van der Waals surface area contributed by atoms with Crippen molar-refractivity contribution >= 4 is 17.4 Å². The molecule has 0 aliphatic carbocycles. The lowest BCUT2D eigenvalue weighted by molar-refractivity contribution is 0.473. The van der Waals surface area contributed by atoms with Crippen LogP contribution in [0.2, 0.25) is 5.02 Å². The van der Waals surface area contributed by atoms with E-state index in [0.29, 0.717) is 22.3 Å². The van der Waals surface area contributed by atoms with Gasteiger partial charge in [-0.3, -0.25) is 0 Å². The van der Waals surface area contributed by atoms with E-state index in [-0.39, 0.29) is 0 Å². The predicted molar refractivity (Wildman–Crippen MR) is 97.6 cm³/mol. The van der Waals surface area contributed by atoms with Crippen molar-refractivity contribution in [3.63, 3.8) is 0 Å². The maximum Gasteiger partial charge on any atom is 0.159 e. The lowest BCUT2D eigenvalue weighted by Gasteiger charge is -2.15. The fourth-order valence-corrected chi connectivity index (χ4v) is 2.84. The fourth-order valence-electron chi connectivity index (χ4n) is 2.71. The number of rotatable bonds is 3. The van der Waals surface area contributed by atoms with Gasteiger partial charge in [-0.1, -0.05) is 41.4 Å². The first-order valence-electron chi connectivity index (χ1n) is 7.59. The van der Waals surface area contributed by atoms with Crippen LogP contribution in [0, 0.1) is 20.8 Å². The first kappa shape index (κ1) is 16.3. The Hall–Kier alpha value is -2.59. The molecule has 0 radical (unpaired) electrons. The van der Waals surface area contributed by atoms with E-state index in [9.17, 15) is 0 Å². The standard InChI is InChI=1S/C19H18ClN3O/c1-11-8-12(2)19(13(3)9-11)24-16-10-17(21)22-23-18(16)14-4-6-15(20)7-5-14/h4-10H,1-3H3,(H2,21,22). The molecule has 0 fully saturated rings. The zero-order valence-electron chi connectivity index (χ0n) is 13.8. The van der Waals surface area contributed by atoms with Crippen LogP contribution >= 0.6 is 11.6 Å². The van der Waals surface area contributed by atoms with Crippen LogP contribution in [0.15, 0.2) is 42.5 Å². The smallest absolute Gasteiger partial charge is 0.159 e. The number of aromatic nitrogens is 2. The summed E-state index contributed by atoms with van der Waals surface area (Å²) in [6.45, 7) is 6.11. The van der Waals surface area contributed by atoms with Crippen molar-refractivity contribution in [3.8, 4) is 22.8 Å². The molecule has 5 heteroatoms. The monoisotopic (exact) mass is 339 g/mol. The Morgan fingerprint density at radius 1 is 0.917 bits per heavy atom. The van der Waals surface area contributed by atoms with E-state index in [4.69, 9.17) is 22.1 Å². The van der Waals surface area contributed by atoms with E-state index in [1.807, 2.05) is 26.0 Å². The summed E-state index contributed by atoms with van der Waals surface area (Å²) >= 11 is 5.96. The number of nitrogens with two attached hydrogens (primary N) is 1. The second-order valence-electron chi connectivity index (χ2n) is 5.82. The number of benzene rings is 2. The molecule has 24 heavy (non-hydrogen) atoms. The number of anilines is 1. The van der Waals surface area contributed by atoms with Crippen molar-refractivity contribution in [2.75, 3.05) is 5.73 Å². The molecule has 0 spiro atoms. The molecule has 2 N–H and O–H groups in total. The molecule has 0 saturated heterocycles. The number of ether oxygens (including phenoxy) is 1. The highest BCUT2D eigenvalue weighted by Crippen LogP contribution is 2.35. The van der Waals surface area contributed by atoms with Crippen LogP contribution in [-0.2, 0) is 0 Å². The van der Waals surface area contributed by atoms with Gasteiger partial charge in [0.2, 0.25) is 0 Å². The van der Waals surface area contributed by atoms with Gasteiger partial charge in [-0.25, -0.2) is 0 Å². The molecule has 0 bridgehead atoms. The molecule has 4 nitrogen and oxygen atoms in total. The van der Waals surface area contributed by atoms with Crippen LogP contribution < -0.4 is 10.5 Å². The molecule has 3 rings (SSSR count). The SMILES string of the molecule is Cc1cc(C)c(Oc2cc(N)nnc2-c2ccc(Cl)cc2)c(C)c1. The third kappa shape index (κ3) is 3.34. The number of nitrogen functional groups attached to an aromatic ring is 1. The maximum atomic E-state index is 6.18. The molecule has 0 aliphatic rings. The molecule has 1 heterocycles. The summed E-state index contributed by atoms with van der Waals surface area (Å²) < 4.78 is 6.18. The Morgan fingerprint density at radius 3 is 2.17 bits per heavy atom. The van der Waals surface area contributed by atoms with Crippen molar-refractivity contribution in [2.24, 2.45) is 0 Å². The van der Waals surface area contributed by atoms with Crippen LogP contribution in [-0.4, -0.2) is 10.2 Å². The van der Waals surface area contributed by atoms with Crippen molar-refractivity contribution in [1.29, 1.82) is 0 Å². The number of halogens is 1. The zero-order chi connectivity index (χ0) is 17.3. The molecule has 1 aromatic heterocycles. The minimum atomic E-state index is 0.310. The minimum Gasteiger partial charge on any atom is -0.454 e. The van der Waals surface area contributed by atoms with Crippen molar-refractivity contribution in [1.82, 2.24) is 10.2 Å². The third-order valence-electron chi connectivity index (χ3n) is 3.71. The molecule has 0 amide bonds. The average Bonchev–Trinajstić information content (AvgIpc) is 2.52. The maximum absolute atomic E-state index is 6.18. The largest absolute Gasteiger partial charge is 0.454 e. The molecule has 2 aromatic carbocycles. The first-order valence-corrected chi connectivity index (χ1v) is 7.96. The van der Waals surface area contributed by atoms with Crippen LogP contribution in [0.1, 0.15) is 16.7 Å². The highest BCUT2D eigenvalue weighted by atomic mass is 35.5. The summed E-state index contributed by atoms with van der Waals surface area (Å²) in [6, 6.07) is 13.2. The van der Waals surface area contributed by atoms with Gasteiger partial charge in [0.05, 0.1) is 0 Å². The summed E-state index contributed by atoms with van der Waals surface area (Å²) in [5.41, 5.74) is 10.6. The van der Waals surface area contributed by atoms with E-state index in [2.05, 4.69) is 29.3 Å². The Bertz CT molecular complexity index is 869. The minimum absolute atomic E-state index is 0.310. The van der Waals surface area contributed by atoms with Crippen LogP contribution in [0.25, 0.3) is 11.3 Å². The second-order valence-corrected chi connectivity index (χ2v) is 6.26. The predicted octanol–water partition coefficient (Wildman–Crippen LogP) is 5.10. The van der Waals surface area contributed by atoms with Gasteiger partial charge in [-0.05, 0) is 44.0 Å². The quantitative estimate of drug-likeness (QED) is 0.721. The summed E-state index contributed by atoms with van der Waals surface area (Å²) in [7, 11) is 0. The average molecular weight is 340 g/mol.